The highest BCUT2D eigenvalue weighted by molar-refractivity contribution is 7.89. The van der Waals surface area contributed by atoms with Crippen LogP contribution in [-0.2, 0) is 21.4 Å². The third-order valence-corrected chi connectivity index (χ3v) is 5.95. The molecule has 0 radical (unpaired) electrons. The first-order chi connectivity index (χ1) is 13.2. The van der Waals surface area contributed by atoms with Gasteiger partial charge in [-0.25, -0.2) is 22.5 Å². The summed E-state index contributed by atoms with van der Waals surface area (Å²) < 4.78 is 32.1. The second-order valence-corrected chi connectivity index (χ2v) is 8.51. The predicted octanol–water partition coefficient (Wildman–Crippen LogP) is 1.61. The minimum absolute atomic E-state index is 0.00958. The summed E-state index contributed by atoms with van der Waals surface area (Å²) in [6.07, 6.45) is 1.62. The van der Waals surface area contributed by atoms with Gasteiger partial charge in [0.15, 0.2) is 0 Å². The monoisotopic (exact) mass is 401 g/mol. The Kier molecular flexibility index (Phi) is 5.30. The molecule has 146 valence electrons. The predicted molar refractivity (Wildman–Crippen MR) is 103 cm³/mol. The fraction of sp³-hybridized carbons (Fsp3) is 0.211. The molecule has 0 atom stereocenters. The number of hydrogen-bond acceptors (Lipinski definition) is 6. The van der Waals surface area contributed by atoms with Gasteiger partial charge in [0.05, 0.1) is 16.2 Å². The number of fused-ring (bicyclic) bond motifs is 1. The molecule has 0 fully saturated rings. The molecule has 2 heterocycles. The van der Waals surface area contributed by atoms with Crippen LogP contribution in [0.5, 0.6) is 0 Å². The van der Waals surface area contributed by atoms with Crippen molar-refractivity contribution in [3.8, 4) is 0 Å². The minimum Gasteiger partial charge on any atom is -0.456 e. The van der Waals surface area contributed by atoms with Gasteiger partial charge < -0.3 is 4.74 Å². The van der Waals surface area contributed by atoms with E-state index < -0.39 is 16.0 Å². The highest BCUT2D eigenvalue weighted by Crippen LogP contribution is 2.16. The number of pyridine rings is 1. The third-order valence-electron chi connectivity index (χ3n) is 4.14. The molecule has 0 amide bonds. The van der Waals surface area contributed by atoms with Crippen LogP contribution in [0.2, 0.25) is 0 Å². The number of esters is 1. The summed E-state index contributed by atoms with van der Waals surface area (Å²) in [6, 6.07) is 10.5. The van der Waals surface area contributed by atoms with Crippen molar-refractivity contribution in [3.63, 3.8) is 0 Å². The van der Waals surface area contributed by atoms with Crippen molar-refractivity contribution in [1.29, 1.82) is 0 Å². The Labute approximate surface area is 162 Å². The van der Waals surface area contributed by atoms with Gasteiger partial charge >= 0.3 is 5.97 Å². The summed E-state index contributed by atoms with van der Waals surface area (Å²) >= 11 is 0. The summed E-state index contributed by atoms with van der Waals surface area (Å²) in [6.45, 7) is 1.62. The van der Waals surface area contributed by atoms with Gasteiger partial charge in [-0.05, 0) is 36.8 Å². The Balaban J connectivity index is 1.83. The van der Waals surface area contributed by atoms with E-state index in [4.69, 9.17) is 4.74 Å². The Morgan fingerprint density at radius 2 is 1.93 bits per heavy atom. The molecule has 0 aliphatic heterocycles. The van der Waals surface area contributed by atoms with Crippen molar-refractivity contribution in [2.24, 2.45) is 0 Å². The molecular formula is C19H19N3O5S. The van der Waals surface area contributed by atoms with Crippen molar-refractivity contribution in [2.75, 3.05) is 14.1 Å². The van der Waals surface area contributed by atoms with Gasteiger partial charge in [-0.2, -0.15) is 0 Å². The van der Waals surface area contributed by atoms with Crippen molar-refractivity contribution >= 4 is 21.6 Å². The average Bonchev–Trinajstić information content (AvgIpc) is 2.67. The number of carbonyl (C=O) groups excluding carboxylic acids is 1. The van der Waals surface area contributed by atoms with E-state index in [2.05, 4.69) is 4.98 Å². The van der Waals surface area contributed by atoms with Crippen LogP contribution in [0.1, 0.15) is 21.6 Å². The Morgan fingerprint density at radius 1 is 1.18 bits per heavy atom. The Hall–Kier alpha value is -3.04. The lowest BCUT2D eigenvalue weighted by molar-refractivity contribution is 0.0467. The minimum atomic E-state index is -3.67. The topological polar surface area (TPSA) is 98.0 Å². The van der Waals surface area contributed by atoms with Crippen LogP contribution in [0.25, 0.3) is 5.65 Å². The van der Waals surface area contributed by atoms with Crippen LogP contribution < -0.4 is 5.56 Å². The molecular weight excluding hydrogens is 382 g/mol. The van der Waals surface area contributed by atoms with Gasteiger partial charge in [-0.15, -0.1) is 0 Å². The lowest BCUT2D eigenvalue weighted by Crippen LogP contribution is -2.22. The third kappa shape index (κ3) is 3.80. The smallest absolute Gasteiger partial charge is 0.338 e. The molecule has 3 rings (SSSR count). The molecule has 28 heavy (non-hydrogen) atoms. The van der Waals surface area contributed by atoms with Crippen LogP contribution in [0, 0.1) is 6.92 Å². The maximum Gasteiger partial charge on any atom is 0.338 e. The zero-order valence-corrected chi connectivity index (χ0v) is 16.4. The summed E-state index contributed by atoms with van der Waals surface area (Å²) in [4.78, 5) is 28.9. The first-order valence-electron chi connectivity index (χ1n) is 8.38. The van der Waals surface area contributed by atoms with Gasteiger partial charge in [0.2, 0.25) is 10.0 Å². The first kappa shape index (κ1) is 19.7. The quantitative estimate of drug-likeness (QED) is 0.603. The molecule has 9 heteroatoms. The highest BCUT2D eigenvalue weighted by atomic mass is 32.2. The van der Waals surface area contributed by atoms with Crippen LogP contribution in [-0.4, -0.2) is 42.2 Å². The SMILES string of the molecule is Cc1cccn2c(=O)cc(COC(=O)c3cccc(S(=O)(=O)N(C)C)c3)nc12. The van der Waals surface area contributed by atoms with E-state index >= 15 is 0 Å². The molecule has 0 bridgehead atoms. The number of carbonyl (C=O) groups is 1. The number of aromatic nitrogens is 2. The fourth-order valence-electron chi connectivity index (χ4n) is 2.60. The molecule has 0 saturated heterocycles. The molecule has 0 aliphatic rings. The van der Waals surface area contributed by atoms with E-state index in [1.807, 2.05) is 13.0 Å². The molecule has 0 aliphatic carbocycles. The summed E-state index contributed by atoms with van der Waals surface area (Å²) in [7, 11) is -0.848. The lowest BCUT2D eigenvalue weighted by atomic mass is 10.2. The van der Waals surface area contributed by atoms with Crippen LogP contribution in [0.15, 0.2) is 58.4 Å². The van der Waals surface area contributed by atoms with Gasteiger partial charge in [-0.3, -0.25) is 9.20 Å². The second kappa shape index (κ2) is 7.53. The maximum absolute atomic E-state index is 12.3. The average molecular weight is 401 g/mol. The van der Waals surface area contributed by atoms with Crippen molar-refractivity contribution in [2.45, 2.75) is 18.4 Å². The molecule has 8 nitrogen and oxygen atoms in total. The summed E-state index contributed by atoms with van der Waals surface area (Å²) in [5.74, 6) is -0.706. The molecule has 3 aromatic rings. The molecule has 0 N–H and O–H groups in total. The molecule has 0 unspecified atom stereocenters. The van der Waals surface area contributed by atoms with E-state index in [0.717, 1.165) is 9.87 Å². The van der Waals surface area contributed by atoms with Gasteiger partial charge in [0, 0.05) is 26.4 Å². The number of rotatable bonds is 5. The van der Waals surface area contributed by atoms with Gasteiger partial charge in [-0.1, -0.05) is 12.1 Å². The first-order valence-corrected chi connectivity index (χ1v) is 9.82. The Morgan fingerprint density at radius 3 is 2.64 bits per heavy atom. The molecule has 0 saturated carbocycles. The number of aryl methyl sites for hydroxylation is 1. The highest BCUT2D eigenvalue weighted by Gasteiger charge is 2.19. The standard InChI is InChI=1S/C19H19N3O5S/c1-13-6-5-9-22-17(23)11-15(20-18(13)22)12-27-19(24)14-7-4-8-16(10-14)28(25,26)21(2)3/h4-11H,12H2,1-3H3. The number of sulfonamides is 1. The fourth-order valence-corrected chi connectivity index (χ4v) is 3.55. The number of hydrogen-bond donors (Lipinski definition) is 0. The van der Waals surface area contributed by atoms with Gasteiger partial charge in [0.1, 0.15) is 12.3 Å². The zero-order chi connectivity index (χ0) is 20.5. The Bertz CT molecular complexity index is 1220. The normalized spacial score (nSPS) is 11.7. The molecule has 1 aromatic carbocycles. The van der Waals surface area contributed by atoms with Gasteiger partial charge in [0.25, 0.3) is 5.56 Å². The van der Waals surface area contributed by atoms with Crippen molar-refractivity contribution in [3.05, 3.63) is 75.8 Å². The molecule has 0 spiro atoms. The number of ether oxygens (including phenoxy) is 1. The second-order valence-electron chi connectivity index (χ2n) is 6.36. The molecule has 2 aromatic heterocycles. The van der Waals surface area contributed by atoms with Crippen LogP contribution >= 0.6 is 0 Å². The maximum atomic E-state index is 12.3. The van der Waals surface area contributed by atoms with E-state index in [1.54, 1.807) is 12.3 Å². The van der Waals surface area contributed by atoms with E-state index in [0.29, 0.717) is 11.3 Å². The van der Waals surface area contributed by atoms with Crippen LogP contribution in [0.3, 0.4) is 0 Å². The lowest BCUT2D eigenvalue weighted by Gasteiger charge is -2.12. The van der Waals surface area contributed by atoms with E-state index in [-0.39, 0.29) is 22.6 Å². The van der Waals surface area contributed by atoms with E-state index in [9.17, 15) is 18.0 Å². The summed E-state index contributed by atoms with van der Waals surface area (Å²) in [5.41, 5.74) is 1.43. The number of benzene rings is 1. The summed E-state index contributed by atoms with van der Waals surface area (Å²) in [5, 5.41) is 0. The zero-order valence-electron chi connectivity index (χ0n) is 15.6. The largest absolute Gasteiger partial charge is 0.456 e. The van der Waals surface area contributed by atoms with Crippen LogP contribution in [0.4, 0.5) is 0 Å². The van der Waals surface area contributed by atoms with Crippen molar-refractivity contribution < 1.29 is 17.9 Å². The number of nitrogens with zero attached hydrogens (tertiary/aromatic N) is 3. The van der Waals surface area contributed by atoms with E-state index in [1.165, 1.54) is 48.8 Å². The van der Waals surface area contributed by atoms with Crippen molar-refractivity contribution in [1.82, 2.24) is 13.7 Å².